The molecule has 0 aromatic rings. The number of rotatable bonds is 5. The van der Waals surface area contributed by atoms with Crippen LogP contribution in [-0.2, 0) is 0 Å². The van der Waals surface area contributed by atoms with E-state index in [0.29, 0.717) is 0 Å². The summed E-state index contributed by atoms with van der Waals surface area (Å²) >= 11 is 0. The van der Waals surface area contributed by atoms with E-state index in [-0.39, 0.29) is 0 Å². The summed E-state index contributed by atoms with van der Waals surface area (Å²) in [6, 6.07) is 5.82. The van der Waals surface area contributed by atoms with Gasteiger partial charge in [0.1, 0.15) is 0 Å². The molecule has 14 rings (SSSR count). The van der Waals surface area contributed by atoms with Gasteiger partial charge < -0.3 is 0 Å². The van der Waals surface area contributed by atoms with Crippen LogP contribution in [0.1, 0.15) is 257 Å². The zero-order valence-corrected chi connectivity index (χ0v) is 43.0. The Bertz CT molecular complexity index is 1460. The Hall–Kier alpha value is -0.0800. The topological polar surface area (TPSA) is 6.48 Å². The number of fused-ring (bicyclic) bond motifs is 10. The van der Waals surface area contributed by atoms with E-state index in [1.807, 2.05) is 0 Å². The highest BCUT2D eigenvalue weighted by atomic mass is 15.3. The van der Waals surface area contributed by atoms with E-state index in [1.54, 1.807) is 205 Å². The fraction of sp³-hybridized carbons (Fsp3) is 1.00. The molecule has 2 nitrogen and oxygen atoms in total. The molecule has 0 N–H and O–H groups in total. The normalized spacial score (nSPS) is 53.8. The third-order valence-electron chi connectivity index (χ3n) is 27.0. The average molecular weight is 902 g/mol. The predicted octanol–water partition coefficient (Wildman–Crippen LogP) is 16.7. The molecule has 18 unspecified atom stereocenters. The fourth-order valence-electron chi connectivity index (χ4n) is 25.5. The van der Waals surface area contributed by atoms with Crippen molar-refractivity contribution in [1.82, 2.24) is 9.80 Å². The highest BCUT2D eigenvalue weighted by Gasteiger charge is 2.64. The molecule has 2 aliphatic heterocycles. The third-order valence-corrected chi connectivity index (χ3v) is 27.0. The third kappa shape index (κ3) is 7.48. The van der Waals surface area contributed by atoms with E-state index >= 15 is 0 Å². The average Bonchev–Trinajstić information content (AvgIpc) is 3.90. The van der Waals surface area contributed by atoms with Gasteiger partial charge in [0.15, 0.2) is 0 Å². The van der Waals surface area contributed by atoms with Crippen molar-refractivity contribution >= 4 is 0 Å². The standard InChI is InChI=1S/C64H104N2/c1-3-19-43(20-4-1)65-57-33-17-15-23-45(57)55-39-41(35-37-59(55)65)61-47-25-7-11-29-51(47)63(52-30-12-8-26-48(52)61)64-53-31-13-9-27-49(53)62(50-28-10-14-32-54(50)64)42-36-38-60-56(40-42)46-24-16-18-34-58(46)66(60)44-21-5-2-6-22-44/h41-64H,1-40H2. The molecule has 2 heterocycles. The van der Waals surface area contributed by atoms with E-state index in [2.05, 4.69) is 9.80 Å². The molecule has 0 aromatic carbocycles. The van der Waals surface area contributed by atoms with Crippen LogP contribution >= 0.6 is 0 Å². The van der Waals surface area contributed by atoms with Crippen LogP contribution < -0.4 is 0 Å². The van der Waals surface area contributed by atoms with Crippen molar-refractivity contribution in [3.8, 4) is 0 Å². The van der Waals surface area contributed by atoms with Crippen molar-refractivity contribution in [1.29, 1.82) is 0 Å². The number of likely N-dealkylation sites (tertiary alicyclic amines) is 2. The minimum Gasteiger partial charge on any atom is -0.294 e. The van der Waals surface area contributed by atoms with Gasteiger partial charge in [-0.05, 0) is 248 Å². The summed E-state index contributed by atoms with van der Waals surface area (Å²) in [5.41, 5.74) is 0. The molecule has 0 bridgehead atoms. The van der Waals surface area contributed by atoms with Crippen LogP contribution in [0.4, 0.5) is 0 Å². The van der Waals surface area contributed by atoms with E-state index in [0.717, 1.165) is 143 Å². The lowest BCUT2D eigenvalue weighted by atomic mass is 9.39. The molecule has 14 aliphatic rings. The van der Waals surface area contributed by atoms with Gasteiger partial charge in [-0.25, -0.2) is 0 Å². The Morgan fingerprint density at radius 2 is 0.439 bits per heavy atom. The Labute approximate surface area is 407 Å². The zero-order valence-electron chi connectivity index (χ0n) is 43.0. The lowest BCUT2D eigenvalue weighted by molar-refractivity contribution is -0.175. The summed E-state index contributed by atoms with van der Waals surface area (Å²) in [7, 11) is 0. The van der Waals surface area contributed by atoms with Crippen LogP contribution in [0.15, 0.2) is 0 Å². The van der Waals surface area contributed by atoms with Crippen molar-refractivity contribution in [3.05, 3.63) is 0 Å². The summed E-state index contributed by atoms with van der Waals surface area (Å²) in [5.74, 6) is 19.8. The second kappa shape index (κ2) is 19.1. The van der Waals surface area contributed by atoms with Gasteiger partial charge in [0.05, 0.1) is 0 Å². The Morgan fingerprint density at radius 1 is 0.182 bits per heavy atom. The fourth-order valence-corrected chi connectivity index (χ4v) is 25.5. The molecule has 66 heavy (non-hydrogen) atoms. The Kier molecular flexibility index (Phi) is 12.9. The van der Waals surface area contributed by atoms with Gasteiger partial charge in [0.25, 0.3) is 0 Å². The molecule has 18 atom stereocenters. The molecule has 2 saturated heterocycles. The van der Waals surface area contributed by atoms with Gasteiger partial charge in [-0.3, -0.25) is 9.80 Å². The van der Waals surface area contributed by atoms with Crippen LogP contribution in [0, 0.1) is 107 Å². The van der Waals surface area contributed by atoms with Crippen LogP contribution in [0.25, 0.3) is 0 Å². The minimum atomic E-state index is 0.956. The molecule has 2 heteroatoms. The summed E-state index contributed by atoms with van der Waals surface area (Å²) < 4.78 is 0. The zero-order chi connectivity index (χ0) is 43.3. The maximum Gasteiger partial charge on any atom is 0.0133 e. The Morgan fingerprint density at radius 3 is 0.773 bits per heavy atom. The highest BCUT2D eigenvalue weighted by molar-refractivity contribution is 5.14. The monoisotopic (exact) mass is 901 g/mol. The van der Waals surface area contributed by atoms with E-state index in [1.165, 1.54) is 51.4 Å². The molecule has 0 spiro atoms. The SMILES string of the molecule is C1CCC(N2C3CCCCC3C3CC(C4C5CCCCC5C(C5C6CCCCC6C(C6CCC7C(C6)C6CCCCC6N7C6CCCCC6)C6CCCCC65)C5CCCCC54)CCC32)CC1. The van der Waals surface area contributed by atoms with Gasteiger partial charge in [0, 0.05) is 36.3 Å². The van der Waals surface area contributed by atoms with Crippen molar-refractivity contribution in [3.63, 3.8) is 0 Å². The van der Waals surface area contributed by atoms with Gasteiger partial charge in [0.2, 0.25) is 0 Å². The lowest BCUT2D eigenvalue weighted by Crippen LogP contribution is -2.60. The maximum atomic E-state index is 3.34. The maximum absolute atomic E-state index is 3.34. The molecular formula is C64H104N2. The van der Waals surface area contributed by atoms with Crippen molar-refractivity contribution < 1.29 is 0 Å². The first kappa shape index (κ1) is 44.6. The molecular weight excluding hydrogens is 797 g/mol. The number of hydrogen-bond donors (Lipinski definition) is 0. The van der Waals surface area contributed by atoms with Crippen LogP contribution in [-0.4, -0.2) is 46.1 Å². The van der Waals surface area contributed by atoms with Gasteiger partial charge in [-0.1, -0.05) is 116 Å². The van der Waals surface area contributed by atoms with Crippen LogP contribution in [0.5, 0.6) is 0 Å². The van der Waals surface area contributed by atoms with Gasteiger partial charge in [-0.15, -0.1) is 0 Å². The first-order valence-corrected chi connectivity index (χ1v) is 32.3. The molecule has 12 aliphatic carbocycles. The molecule has 12 saturated carbocycles. The van der Waals surface area contributed by atoms with E-state index in [4.69, 9.17) is 0 Å². The highest BCUT2D eigenvalue weighted by Crippen LogP contribution is 2.69. The van der Waals surface area contributed by atoms with Crippen molar-refractivity contribution in [2.75, 3.05) is 0 Å². The van der Waals surface area contributed by atoms with Gasteiger partial charge in [-0.2, -0.15) is 0 Å². The molecule has 0 aromatic heterocycles. The predicted molar refractivity (Wildman–Crippen MR) is 274 cm³/mol. The van der Waals surface area contributed by atoms with Crippen molar-refractivity contribution in [2.45, 2.75) is 293 Å². The largest absolute Gasteiger partial charge is 0.294 e. The second-order valence-electron chi connectivity index (χ2n) is 28.9. The first-order valence-electron chi connectivity index (χ1n) is 32.3. The smallest absolute Gasteiger partial charge is 0.0133 e. The molecule has 0 amide bonds. The van der Waals surface area contributed by atoms with Crippen molar-refractivity contribution in [2.24, 2.45) is 107 Å². The first-order chi connectivity index (χ1) is 32.8. The van der Waals surface area contributed by atoms with Crippen LogP contribution in [0.3, 0.4) is 0 Å². The number of hydrogen-bond acceptors (Lipinski definition) is 2. The summed E-state index contributed by atoms with van der Waals surface area (Å²) in [5, 5.41) is 0. The number of nitrogens with zero attached hydrogens (tertiary/aromatic N) is 2. The van der Waals surface area contributed by atoms with E-state index < -0.39 is 0 Å². The minimum absolute atomic E-state index is 0.956. The van der Waals surface area contributed by atoms with Crippen LogP contribution in [0.2, 0.25) is 0 Å². The van der Waals surface area contributed by atoms with E-state index in [9.17, 15) is 0 Å². The summed E-state index contributed by atoms with van der Waals surface area (Å²) in [4.78, 5) is 6.67. The molecule has 0 radical (unpaired) electrons. The quantitative estimate of drug-likeness (QED) is 0.271. The summed E-state index contributed by atoms with van der Waals surface area (Å²) in [6.45, 7) is 0. The summed E-state index contributed by atoms with van der Waals surface area (Å²) in [6.07, 6.45) is 63.7. The Balaban J connectivity index is 0.757. The van der Waals surface area contributed by atoms with Gasteiger partial charge >= 0.3 is 0 Å². The molecule has 14 fully saturated rings. The second-order valence-corrected chi connectivity index (χ2v) is 28.9. The lowest BCUT2D eigenvalue weighted by Gasteiger charge is -2.66. The molecule has 370 valence electrons.